The molecule has 11 heavy (non-hydrogen) atoms. The third-order valence-corrected chi connectivity index (χ3v) is 3.04. The van der Waals surface area contributed by atoms with E-state index in [1.54, 1.807) is 6.07 Å². The number of benzene rings is 1. The zero-order valence-corrected chi connectivity index (χ0v) is 7.75. The predicted molar refractivity (Wildman–Crippen MR) is 47.3 cm³/mol. The molecule has 56 valence electrons. The fourth-order valence-electron chi connectivity index (χ4n) is 0.881. The Morgan fingerprint density at radius 3 is 3.09 bits per heavy atom. The second-order valence-electron chi connectivity index (χ2n) is 2.11. The summed E-state index contributed by atoms with van der Waals surface area (Å²) in [6, 6.07) is 4.64. The van der Waals surface area contributed by atoms with Crippen LogP contribution in [0, 0.1) is 5.82 Å². The summed E-state index contributed by atoms with van der Waals surface area (Å²) < 4.78 is 18.3. The van der Waals surface area contributed by atoms with Crippen LogP contribution in [0.4, 0.5) is 4.39 Å². The number of hydrogen-bond donors (Lipinski definition) is 0. The molecule has 0 spiro atoms. The second-order valence-corrected chi connectivity index (χ2v) is 3.67. The van der Waals surface area contributed by atoms with Gasteiger partial charge < -0.3 is 0 Å². The van der Waals surface area contributed by atoms with E-state index >= 15 is 0 Å². The van der Waals surface area contributed by atoms with Crippen LogP contribution >= 0.6 is 27.5 Å². The lowest BCUT2D eigenvalue weighted by atomic mass is 10.3. The van der Waals surface area contributed by atoms with Gasteiger partial charge in [0.2, 0.25) is 0 Å². The topological polar surface area (TPSA) is 12.9 Å². The number of rotatable bonds is 0. The molecule has 0 unspecified atom stereocenters. The van der Waals surface area contributed by atoms with Crippen LogP contribution in [0.1, 0.15) is 0 Å². The van der Waals surface area contributed by atoms with Gasteiger partial charge in [0, 0.05) is 5.39 Å². The van der Waals surface area contributed by atoms with Gasteiger partial charge in [-0.1, -0.05) is 0 Å². The van der Waals surface area contributed by atoms with E-state index < -0.39 is 0 Å². The summed E-state index contributed by atoms with van der Waals surface area (Å²) in [5, 5.41) is 0.969. The minimum atomic E-state index is -0.214. The number of halogens is 2. The summed E-state index contributed by atoms with van der Waals surface area (Å²) in [5.74, 6) is -0.214. The van der Waals surface area contributed by atoms with Crippen molar-refractivity contribution in [3.05, 3.63) is 28.6 Å². The van der Waals surface area contributed by atoms with Crippen LogP contribution in [0.15, 0.2) is 22.8 Å². The molecule has 0 aliphatic carbocycles. The zero-order valence-electron chi connectivity index (χ0n) is 5.34. The molecule has 0 fully saturated rings. The molecule has 2 aromatic rings. The molecule has 1 nitrogen and oxygen atoms in total. The molecule has 0 saturated heterocycles. The number of nitrogens with zero attached hydrogens (tertiary/aromatic N) is 1. The van der Waals surface area contributed by atoms with Crippen LogP contribution in [0.5, 0.6) is 0 Å². The molecule has 0 radical (unpaired) electrons. The highest BCUT2D eigenvalue weighted by Gasteiger charge is 2.02. The van der Waals surface area contributed by atoms with Crippen molar-refractivity contribution in [2.45, 2.75) is 0 Å². The van der Waals surface area contributed by atoms with Crippen molar-refractivity contribution >= 4 is 37.5 Å². The predicted octanol–water partition coefficient (Wildman–Crippen LogP) is 3.20. The molecule has 0 atom stereocenters. The molecule has 2 rings (SSSR count). The van der Waals surface area contributed by atoms with Crippen molar-refractivity contribution in [1.82, 2.24) is 4.37 Å². The van der Waals surface area contributed by atoms with Crippen LogP contribution in [-0.4, -0.2) is 4.37 Å². The van der Waals surface area contributed by atoms with Gasteiger partial charge in [0.05, 0.1) is 4.70 Å². The molecule has 0 bridgehead atoms. The highest BCUT2D eigenvalue weighted by molar-refractivity contribution is 9.10. The Bertz CT molecular complexity index is 398. The fraction of sp³-hybridized carbons (Fsp3) is 0. The van der Waals surface area contributed by atoms with Crippen LogP contribution in [0.2, 0.25) is 0 Å². The third-order valence-electron chi connectivity index (χ3n) is 1.39. The first-order valence-electron chi connectivity index (χ1n) is 2.98. The standard InChI is InChI=1S/C7H3BrFNS/c8-7-5-2-1-4(9)3-6(5)11-10-7/h1-3H. The van der Waals surface area contributed by atoms with Gasteiger partial charge >= 0.3 is 0 Å². The van der Waals surface area contributed by atoms with Gasteiger partial charge in [-0.15, -0.1) is 0 Å². The molecular formula is C7H3BrFNS. The van der Waals surface area contributed by atoms with Crippen LogP contribution in [0.25, 0.3) is 10.1 Å². The molecule has 0 aliphatic rings. The van der Waals surface area contributed by atoms with Gasteiger partial charge in [0.1, 0.15) is 10.4 Å². The van der Waals surface area contributed by atoms with Crippen molar-refractivity contribution in [2.75, 3.05) is 0 Å². The van der Waals surface area contributed by atoms with Crippen LogP contribution in [-0.2, 0) is 0 Å². The lowest BCUT2D eigenvalue weighted by molar-refractivity contribution is 0.630. The molecule has 0 aliphatic heterocycles. The van der Waals surface area contributed by atoms with Gasteiger partial charge in [-0.3, -0.25) is 0 Å². The Morgan fingerprint density at radius 1 is 1.45 bits per heavy atom. The van der Waals surface area contributed by atoms with E-state index in [0.29, 0.717) is 0 Å². The maximum Gasteiger partial charge on any atom is 0.127 e. The smallest absolute Gasteiger partial charge is 0.127 e. The molecule has 4 heteroatoms. The lowest BCUT2D eigenvalue weighted by Crippen LogP contribution is -1.69. The van der Waals surface area contributed by atoms with Crippen molar-refractivity contribution < 1.29 is 4.39 Å². The summed E-state index contributed by atoms with van der Waals surface area (Å²) in [6.07, 6.45) is 0. The van der Waals surface area contributed by atoms with E-state index in [-0.39, 0.29) is 5.82 Å². The highest BCUT2D eigenvalue weighted by Crippen LogP contribution is 2.26. The normalized spacial score (nSPS) is 10.7. The Kier molecular flexibility index (Phi) is 1.65. The first kappa shape index (κ1) is 7.18. The Hall–Kier alpha value is -0.480. The zero-order chi connectivity index (χ0) is 7.84. The molecule has 0 N–H and O–H groups in total. The number of hydrogen-bond acceptors (Lipinski definition) is 2. The molecule has 1 heterocycles. The van der Waals surface area contributed by atoms with E-state index in [1.165, 1.54) is 23.7 Å². The first-order chi connectivity index (χ1) is 5.27. The van der Waals surface area contributed by atoms with E-state index in [4.69, 9.17) is 0 Å². The van der Waals surface area contributed by atoms with Gasteiger partial charge in [0.25, 0.3) is 0 Å². The second kappa shape index (κ2) is 2.53. The lowest BCUT2D eigenvalue weighted by Gasteiger charge is -1.87. The molecule has 1 aromatic heterocycles. The largest absolute Gasteiger partial charge is 0.207 e. The number of fused-ring (bicyclic) bond motifs is 1. The van der Waals surface area contributed by atoms with Gasteiger partial charge in [-0.25, -0.2) is 4.39 Å². The molecule has 0 amide bonds. The Morgan fingerprint density at radius 2 is 2.27 bits per heavy atom. The van der Waals surface area contributed by atoms with Crippen molar-refractivity contribution in [3.8, 4) is 0 Å². The Balaban J connectivity index is 2.86. The van der Waals surface area contributed by atoms with Crippen molar-refractivity contribution in [1.29, 1.82) is 0 Å². The molecular weight excluding hydrogens is 229 g/mol. The quantitative estimate of drug-likeness (QED) is 0.679. The first-order valence-corrected chi connectivity index (χ1v) is 4.54. The van der Waals surface area contributed by atoms with Crippen LogP contribution < -0.4 is 0 Å². The number of aromatic nitrogens is 1. The summed E-state index contributed by atoms with van der Waals surface area (Å²) in [5.41, 5.74) is 0. The molecule has 0 saturated carbocycles. The van der Waals surface area contributed by atoms with Gasteiger partial charge in [0.15, 0.2) is 0 Å². The Labute approximate surface area is 75.1 Å². The SMILES string of the molecule is Fc1ccc2c(Br)nsc2c1. The average molecular weight is 232 g/mol. The minimum absolute atomic E-state index is 0.214. The summed E-state index contributed by atoms with van der Waals surface area (Å²) >= 11 is 4.56. The summed E-state index contributed by atoms with van der Waals surface area (Å²) in [6.45, 7) is 0. The monoisotopic (exact) mass is 231 g/mol. The van der Waals surface area contributed by atoms with E-state index in [0.717, 1.165) is 14.7 Å². The maximum atomic E-state index is 12.6. The van der Waals surface area contributed by atoms with Crippen molar-refractivity contribution in [2.24, 2.45) is 0 Å². The van der Waals surface area contributed by atoms with E-state index in [1.807, 2.05) is 0 Å². The van der Waals surface area contributed by atoms with Crippen LogP contribution in [0.3, 0.4) is 0 Å². The van der Waals surface area contributed by atoms with Gasteiger partial charge in [-0.05, 0) is 45.7 Å². The fourth-order valence-corrected chi connectivity index (χ4v) is 2.28. The van der Waals surface area contributed by atoms with Crippen molar-refractivity contribution in [3.63, 3.8) is 0 Å². The van der Waals surface area contributed by atoms with E-state index in [2.05, 4.69) is 20.3 Å². The highest BCUT2D eigenvalue weighted by atomic mass is 79.9. The summed E-state index contributed by atoms with van der Waals surface area (Å²) in [4.78, 5) is 0. The molecule has 1 aromatic carbocycles. The van der Waals surface area contributed by atoms with Gasteiger partial charge in [-0.2, -0.15) is 4.37 Å². The minimum Gasteiger partial charge on any atom is -0.207 e. The third kappa shape index (κ3) is 1.16. The average Bonchev–Trinajstić information content (AvgIpc) is 2.32. The van der Waals surface area contributed by atoms with E-state index in [9.17, 15) is 4.39 Å². The summed E-state index contributed by atoms with van der Waals surface area (Å²) in [7, 11) is 0. The maximum absolute atomic E-state index is 12.6.